The highest BCUT2D eigenvalue weighted by molar-refractivity contribution is 7.15. The summed E-state index contributed by atoms with van der Waals surface area (Å²) in [5.41, 5.74) is 2.97. The highest BCUT2D eigenvalue weighted by atomic mass is 32.1. The lowest BCUT2D eigenvalue weighted by molar-refractivity contribution is 0.160. The number of thiazole rings is 1. The maximum atomic E-state index is 9.93. The zero-order valence-electron chi connectivity index (χ0n) is 9.68. The summed E-state index contributed by atoms with van der Waals surface area (Å²) in [6.45, 7) is 1.98. The molecule has 0 bridgehead atoms. The molecule has 2 aromatic heterocycles. The summed E-state index contributed by atoms with van der Waals surface area (Å²) in [5, 5.41) is 10.9. The molecule has 1 aliphatic carbocycles. The minimum atomic E-state index is -0.324. The number of aromatic nitrogens is 2. The summed E-state index contributed by atoms with van der Waals surface area (Å²) in [6.07, 6.45) is 2.54. The predicted molar refractivity (Wildman–Crippen MR) is 68.0 cm³/mol. The van der Waals surface area contributed by atoms with E-state index in [1.807, 2.05) is 25.1 Å². The predicted octanol–water partition coefficient (Wildman–Crippen LogP) is 2.88. The Kier molecular flexibility index (Phi) is 2.68. The second-order valence-corrected chi connectivity index (χ2v) is 5.43. The highest BCUT2D eigenvalue weighted by Crippen LogP contribution is 2.37. The zero-order valence-corrected chi connectivity index (χ0v) is 10.5. The fourth-order valence-electron chi connectivity index (χ4n) is 2.17. The molecule has 0 saturated heterocycles. The van der Waals surface area contributed by atoms with E-state index >= 15 is 0 Å². The summed E-state index contributed by atoms with van der Waals surface area (Å²) >= 11 is 1.58. The standard InChI is InChI=1S/C13H14N2OS/c1-8-4-2-6-10(14-8)13-15-9-5-3-7-11(16)12(9)17-13/h2,4,6,11,16H,3,5,7H2,1H3. The molecule has 3 rings (SSSR count). The van der Waals surface area contributed by atoms with Crippen molar-refractivity contribution in [2.45, 2.75) is 32.3 Å². The normalized spacial score (nSPS) is 19.1. The van der Waals surface area contributed by atoms with Gasteiger partial charge >= 0.3 is 0 Å². The first-order valence-electron chi connectivity index (χ1n) is 5.86. The van der Waals surface area contributed by atoms with Gasteiger partial charge in [-0.25, -0.2) is 4.98 Å². The average molecular weight is 246 g/mol. The SMILES string of the molecule is Cc1cccc(-c2nc3c(s2)C(O)CCC3)n1. The van der Waals surface area contributed by atoms with Crippen LogP contribution in [0.15, 0.2) is 18.2 Å². The maximum Gasteiger partial charge on any atom is 0.142 e. The smallest absolute Gasteiger partial charge is 0.142 e. The number of nitrogens with zero attached hydrogens (tertiary/aromatic N) is 2. The van der Waals surface area contributed by atoms with Crippen molar-refractivity contribution in [3.8, 4) is 10.7 Å². The van der Waals surface area contributed by atoms with Gasteiger partial charge in [0.05, 0.1) is 22.4 Å². The summed E-state index contributed by atoms with van der Waals surface area (Å²) in [5.74, 6) is 0. The molecule has 4 heteroatoms. The van der Waals surface area contributed by atoms with Crippen LogP contribution in [0.4, 0.5) is 0 Å². The van der Waals surface area contributed by atoms with Crippen LogP contribution in [0.1, 0.15) is 35.2 Å². The highest BCUT2D eigenvalue weighted by Gasteiger charge is 2.23. The Labute approximate surface area is 104 Å². The third-order valence-electron chi connectivity index (χ3n) is 3.03. The number of rotatable bonds is 1. The summed E-state index contributed by atoms with van der Waals surface area (Å²) in [7, 11) is 0. The molecular formula is C13H14N2OS. The van der Waals surface area contributed by atoms with Crippen LogP contribution in [0, 0.1) is 6.92 Å². The Morgan fingerprint density at radius 1 is 1.35 bits per heavy atom. The summed E-state index contributed by atoms with van der Waals surface area (Å²) in [4.78, 5) is 10.1. The van der Waals surface area contributed by atoms with E-state index in [2.05, 4.69) is 9.97 Å². The lowest BCUT2D eigenvalue weighted by atomic mass is 10.0. The first-order chi connectivity index (χ1) is 8.24. The number of aliphatic hydroxyl groups is 1. The molecule has 0 amide bonds. The third kappa shape index (κ3) is 1.98. The summed E-state index contributed by atoms with van der Waals surface area (Å²) in [6, 6.07) is 5.95. The van der Waals surface area contributed by atoms with Crippen molar-refractivity contribution in [2.24, 2.45) is 0 Å². The average Bonchev–Trinajstić information content (AvgIpc) is 2.74. The fraction of sp³-hybridized carbons (Fsp3) is 0.385. The molecule has 0 spiro atoms. The van der Waals surface area contributed by atoms with Crippen LogP contribution < -0.4 is 0 Å². The minimum absolute atomic E-state index is 0.324. The summed E-state index contributed by atoms with van der Waals surface area (Å²) < 4.78 is 0. The molecule has 3 nitrogen and oxygen atoms in total. The fourth-order valence-corrected chi connectivity index (χ4v) is 3.27. The van der Waals surface area contributed by atoms with Gasteiger partial charge in [0.2, 0.25) is 0 Å². The van der Waals surface area contributed by atoms with E-state index < -0.39 is 0 Å². The van der Waals surface area contributed by atoms with E-state index in [0.717, 1.165) is 46.2 Å². The molecule has 0 saturated carbocycles. The first-order valence-corrected chi connectivity index (χ1v) is 6.67. The van der Waals surface area contributed by atoms with Gasteiger partial charge in [-0.05, 0) is 38.3 Å². The molecule has 0 fully saturated rings. The van der Waals surface area contributed by atoms with Crippen molar-refractivity contribution in [3.63, 3.8) is 0 Å². The molecule has 1 aliphatic rings. The monoisotopic (exact) mass is 246 g/mol. The zero-order chi connectivity index (χ0) is 11.8. The second-order valence-electron chi connectivity index (χ2n) is 4.40. The molecule has 2 aromatic rings. The topological polar surface area (TPSA) is 46.0 Å². The Morgan fingerprint density at radius 3 is 3.00 bits per heavy atom. The Morgan fingerprint density at radius 2 is 2.24 bits per heavy atom. The van der Waals surface area contributed by atoms with Crippen LogP contribution in [0.3, 0.4) is 0 Å². The number of aryl methyl sites for hydroxylation is 2. The third-order valence-corrected chi connectivity index (χ3v) is 4.25. The van der Waals surface area contributed by atoms with Gasteiger partial charge in [-0.15, -0.1) is 11.3 Å². The van der Waals surface area contributed by atoms with Crippen LogP contribution in [-0.2, 0) is 6.42 Å². The molecule has 2 heterocycles. The van der Waals surface area contributed by atoms with Crippen molar-refractivity contribution in [2.75, 3.05) is 0 Å². The van der Waals surface area contributed by atoms with Gasteiger partial charge in [0.15, 0.2) is 0 Å². The van der Waals surface area contributed by atoms with Crippen molar-refractivity contribution in [3.05, 3.63) is 34.5 Å². The van der Waals surface area contributed by atoms with Gasteiger partial charge in [0.25, 0.3) is 0 Å². The minimum Gasteiger partial charge on any atom is -0.388 e. The van der Waals surface area contributed by atoms with Gasteiger partial charge in [-0.3, -0.25) is 4.98 Å². The molecule has 1 N–H and O–H groups in total. The first kappa shape index (κ1) is 10.9. The molecule has 1 unspecified atom stereocenters. The quantitative estimate of drug-likeness (QED) is 0.841. The van der Waals surface area contributed by atoms with E-state index in [1.54, 1.807) is 11.3 Å². The number of hydrogen-bond donors (Lipinski definition) is 1. The van der Waals surface area contributed by atoms with Gasteiger partial charge in [0.1, 0.15) is 5.01 Å². The maximum absolute atomic E-state index is 9.93. The van der Waals surface area contributed by atoms with E-state index in [0.29, 0.717) is 0 Å². The molecule has 0 radical (unpaired) electrons. The van der Waals surface area contributed by atoms with E-state index in [9.17, 15) is 5.11 Å². The van der Waals surface area contributed by atoms with Gasteiger partial charge in [0, 0.05) is 5.69 Å². The van der Waals surface area contributed by atoms with E-state index in [1.165, 1.54) is 0 Å². The largest absolute Gasteiger partial charge is 0.388 e. The van der Waals surface area contributed by atoms with E-state index in [-0.39, 0.29) is 6.10 Å². The number of hydrogen-bond acceptors (Lipinski definition) is 4. The Hall–Kier alpha value is -1.26. The Balaban J connectivity index is 2.05. The van der Waals surface area contributed by atoms with Crippen molar-refractivity contribution in [1.82, 2.24) is 9.97 Å². The van der Waals surface area contributed by atoms with Crippen LogP contribution in [0.5, 0.6) is 0 Å². The Bertz CT molecular complexity index is 550. The van der Waals surface area contributed by atoms with E-state index in [4.69, 9.17) is 0 Å². The van der Waals surface area contributed by atoms with Crippen LogP contribution in [0.2, 0.25) is 0 Å². The van der Waals surface area contributed by atoms with Crippen molar-refractivity contribution < 1.29 is 5.11 Å². The molecular weight excluding hydrogens is 232 g/mol. The molecule has 88 valence electrons. The molecule has 0 aromatic carbocycles. The van der Waals surface area contributed by atoms with Crippen molar-refractivity contribution in [1.29, 1.82) is 0 Å². The number of aliphatic hydroxyl groups excluding tert-OH is 1. The van der Waals surface area contributed by atoms with Gasteiger partial charge in [-0.2, -0.15) is 0 Å². The molecule has 1 atom stereocenters. The number of fused-ring (bicyclic) bond motifs is 1. The lowest BCUT2D eigenvalue weighted by Gasteiger charge is -2.14. The van der Waals surface area contributed by atoms with Crippen LogP contribution >= 0.6 is 11.3 Å². The van der Waals surface area contributed by atoms with Crippen molar-refractivity contribution >= 4 is 11.3 Å². The van der Waals surface area contributed by atoms with Gasteiger partial charge in [-0.1, -0.05) is 6.07 Å². The molecule has 17 heavy (non-hydrogen) atoms. The van der Waals surface area contributed by atoms with Gasteiger partial charge < -0.3 is 5.11 Å². The van der Waals surface area contributed by atoms with Crippen LogP contribution in [-0.4, -0.2) is 15.1 Å². The lowest BCUT2D eigenvalue weighted by Crippen LogP contribution is -2.06. The van der Waals surface area contributed by atoms with Crippen LogP contribution in [0.25, 0.3) is 10.7 Å². The molecule has 0 aliphatic heterocycles. The number of pyridine rings is 1. The second kappa shape index (κ2) is 4.20.